The van der Waals surface area contributed by atoms with Gasteiger partial charge >= 0.3 is 31.3 Å². The summed E-state index contributed by atoms with van der Waals surface area (Å²) in [6.07, 6.45) is 0.186. The molecule has 0 saturated carbocycles. The number of hydrogen-bond donors (Lipinski definition) is 5. The molecule has 4 unspecified atom stereocenters. The van der Waals surface area contributed by atoms with Crippen molar-refractivity contribution in [1.29, 1.82) is 0 Å². The number of hydrogen-bond acceptors (Lipinski definition) is 11. The minimum Gasteiger partial charge on any atom is -0.373 e. The van der Waals surface area contributed by atoms with Crippen LogP contribution in [0.15, 0.2) is 0 Å². The molecule has 0 bridgehead atoms. The monoisotopic (exact) mass is 500 g/mol. The Hall–Kier alpha value is 0.830. The maximum Gasteiger partial charge on any atom is 0.490 e. The van der Waals surface area contributed by atoms with Crippen LogP contribution in [0.2, 0.25) is 0 Å². The quantitative estimate of drug-likeness (QED) is 0.186. The van der Waals surface area contributed by atoms with Crippen molar-refractivity contribution in [3.05, 3.63) is 0 Å². The van der Waals surface area contributed by atoms with E-state index in [4.69, 9.17) is 25.5 Å². The third-order valence-corrected chi connectivity index (χ3v) is 8.26. The number of phosphoric acid groups is 4. The SMILES string of the molecule is [3H][C@H]1CC(OCSC)[C@@H](COP(=O)(O)OP(=O)(O)OP(=O)(O)OP(=O)(O)O)O1. The molecule has 0 aromatic heterocycles. The first kappa shape index (κ1) is 24.1. The minimum atomic E-state index is -5.86. The molecular formula is C7H18O15P4S. The smallest absolute Gasteiger partial charge is 0.373 e. The van der Waals surface area contributed by atoms with E-state index in [0.717, 1.165) is 0 Å². The van der Waals surface area contributed by atoms with Crippen LogP contribution in [0.25, 0.3) is 0 Å². The molecule has 0 aliphatic carbocycles. The van der Waals surface area contributed by atoms with Crippen molar-refractivity contribution in [2.24, 2.45) is 0 Å². The highest BCUT2D eigenvalue weighted by Gasteiger charge is 2.45. The Morgan fingerprint density at radius 3 is 2.15 bits per heavy atom. The highest BCUT2D eigenvalue weighted by molar-refractivity contribution is 7.98. The lowest BCUT2D eigenvalue weighted by Crippen LogP contribution is -2.28. The van der Waals surface area contributed by atoms with Gasteiger partial charge in [0.1, 0.15) is 6.10 Å². The molecule has 0 radical (unpaired) electrons. The molecule has 15 nitrogen and oxygen atoms in total. The standard InChI is InChI=1S/C7H18O15P4S/c1-27-5-18-6-2-3-17-7(6)4-19-24(11,12)21-26(15,16)22-25(13,14)20-23(8,9)10/h6-7H,2-5H2,1H3,(H,11,12)(H,13,14)(H,15,16)(H2,8,9,10)/t6?,7-/m1/s1/i3T/t3-,6?,7+/m0. The van der Waals surface area contributed by atoms with E-state index in [2.05, 4.69) is 17.5 Å². The van der Waals surface area contributed by atoms with Crippen LogP contribution < -0.4 is 0 Å². The van der Waals surface area contributed by atoms with Gasteiger partial charge in [0.15, 0.2) is 0 Å². The van der Waals surface area contributed by atoms with Crippen LogP contribution in [0.5, 0.6) is 0 Å². The van der Waals surface area contributed by atoms with E-state index in [1.165, 1.54) is 11.8 Å². The normalized spacial score (nSPS) is 30.9. The molecule has 1 aliphatic heterocycles. The van der Waals surface area contributed by atoms with Crippen LogP contribution >= 0.6 is 43.1 Å². The molecule has 0 aromatic rings. The van der Waals surface area contributed by atoms with Crippen molar-refractivity contribution in [2.45, 2.75) is 18.6 Å². The van der Waals surface area contributed by atoms with Crippen molar-refractivity contribution in [2.75, 3.05) is 25.4 Å². The van der Waals surface area contributed by atoms with Crippen LogP contribution in [-0.4, -0.2) is 62.1 Å². The molecule has 1 rings (SSSR count). The molecule has 5 N–H and O–H groups in total. The van der Waals surface area contributed by atoms with Crippen LogP contribution in [-0.2, 0) is 45.2 Å². The molecule has 0 amide bonds. The maximum atomic E-state index is 11.7. The number of phosphoric ester groups is 1. The van der Waals surface area contributed by atoms with E-state index in [-0.39, 0.29) is 12.4 Å². The van der Waals surface area contributed by atoms with E-state index >= 15 is 0 Å². The van der Waals surface area contributed by atoms with E-state index < -0.39 is 56.7 Å². The van der Waals surface area contributed by atoms with Gasteiger partial charge in [-0.2, -0.15) is 12.9 Å². The van der Waals surface area contributed by atoms with E-state index in [0.29, 0.717) is 0 Å². The van der Waals surface area contributed by atoms with E-state index in [1.807, 2.05) is 0 Å². The van der Waals surface area contributed by atoms with Crippen molar-refractivity contribution < 1.29 is 71.0 Å². The summed E-state index contributed by atoms with van der Waals surface area (Å²) in [5.41, 5.74) is 0. The molecule has 6 atom stereocenters. The van der Waals surface area contributed by atoms with Crippen molar-refractivity contribution in [3.63, 3.8) is 0 Å². The minimum absolute atomic E-state index is 0.125. The molecule has 1 fully saturated rings. The summed E-state index contributed by atoms with van der Waals surface area (Å²) >= 11 is 1.32. The number of thioether (sulfide) groups is 1. The van der Waals surface area contributed by atoms with Crippen LogP contribution in [0.3, 0.4) is 0 Å². The summed E-state index contributed by atoms with van der Waals surface area (Å²) in [6.45, 7) is -1.73. The van der Waals surface area contributed by atoms with Crippen molar-refractivity contribution in [1.82, 2.24) is 0 Å². The Bertz CT molecular complexity index is 713. The second-order valence-corrected chi connectivity index (χ2v) is 11.4. The summed E-state index contributed by atoms with van der Waals surface area (Å²) in [4.78, 5) is 44.4. The van der Waals surface area contributed by atoms with Gasteiger partial charge in [-0.3, -0.25) is 4.52 Å². The topological polar surface area (TPSA) is 225 Å². The summed E-state index contributed by atoms with van der Waals surface area (Å²) < 4.78 is 77.8. The largest absolute Gasteiger partial charge is 0.490 e. The van der Waals surface area contributed by atoms with Crippen molar-refractivity contribution in [3.8, 4) is 0 Å². The Kier molecular flexibility index (Phi) is 9.13. The molecule has 1 aliphatic rings. The molecule has 20 heteroatoms. The van der Waals surface area contributed by atoms with Gasteiger partial charge in [-0.1, -0.05) is 0 Å². The van der Waals surface area contributed by atoms with Gasteiger partial charge in [0.25, 0.3) is 0 Å². The van der Waals surface area contributed by atoms with Gasteiger partial charge in [0.05, 0.1) is 20.0 Å². The zero-order valence-corrected chi connectivity index (χ0v) is 17.8. The highest BCUT2D eigenvalue weighted by atomic mass is 32.2. The molecule has 1 heterocycles. The number of rotatable bonds is 12. The van der Waals surface area contributed by atoms with Gasteiger partial charge in [-0.25, -0.2) is 18.3 Å². The summed E-state index contributed by atoms with van der Waals surface area (Å²) in [7, 11) is -22.7. The zero-order valence-electron chi connectivity index (χ0n) is 14.4. The van der Waals surface area contributed by atoms with Gasteiger partial charge in [0.2, 0.25) is 0 Å². The summed E-state index contributed by atoms with van der Waals surface area (Å²) in [5, 5.41) is 0. The van der Waals surface area contributed by atoms with Gasteiger partial charge in [-0.05, 0) is 12.7 Å². The summed E-state index contributed by atoms with van der Waals surface area (Å²) in [5.74, 6) is 0.232. The average Bonchev–Trinajstić information content (AvgIpc) is 2.77. The Balaban J connectivity index is 2.66. The third kappa shape index (κ3) is 11.0. The first-order valence-electron chi connectivity index (χ1n) is 7.13. The average molecular weight is 500 g/mol. The Labute approximate surface area is 158 Å². The molecule has 162 valence electrons. The fraction of sp³-hybridized carbons (Fsp3) is 1.00. The molecule has 0 spiro atoms. The van der Waals surface area contributed by atoms with Crippen molar-refractivity contribution >= 4 is 43.1 Å². The lowest BCUT2D eigenvalue weighted by Gasteiger charge is -2.21. The zero-order chi connectivity index (χ0) is 21.8. The summed E-state index contributed by atoms with van der Waals surface area (Å²) in [6, 6.07) is 0. The van der Waals surface area contributed by atoms with Gasteiger partial charge < -0.3 is 33.9 Å². The van der Waals surface area contributed by atoms with E-state index in [9.17, 15) is 28.0 Å². The molecule has 0 aromatic carbocycles. The van der Waals surface area contributed by atoms with Crippen LogP contribution in [0, 0.1) is 0 Å². The number of ether oxygens (including phenoxy) is 2. The third-order valence-electron chi connectivity index (χ3n) is 2.44. The first-order chi connectivity index (χ1) is 12.5. The fourth-order valence-corrected chi connectivity index (χ4v) is 6.38. The highest BCUT2D eigenvalue weighted by Crippen LogP contribution is 2.70. The van der Waals surface area contributed by atoms with Crippen LogP contribution in [0.1, 0.15) is 7.79 Å². The second-order valence-electron chi connectivity index (χ2n) is 4.63. The predicted octanol–water partition coefficient (Wildman–Crippen LogP) is 0.941. The van der Waals surface area contributed by atoms with E-state index in [1.54, 1.807) is 6.26 Å². The van der Waals surface area contributed by atoms with Gasteiger partial charge in [0, 0.05) is 6.58 Å². The van der Waals surface area contributed by atoms with Gasteiger partial charge in [-0.15, -0.1) is 11.8 Å². The Morgan fingerprint density at radius 1 is 1.04 bits per heavy atom. The molecule has 1 saturated heterocycles. The lowest BCUT2D eigenvalue weighted by molar-refractivity contribution is -0.0185. The predicted molar refractivity (Wildman–Crippen MR) is 88.3 cm³/mol. The lowest BCUT2D eigenvalue weighted by atomic mass is 10.2. The Morgan fingerprint density at radius 2 is 1.59 bits per heavy atom. The fourth-order valence-electron chi connectivity index (χ4n) is 1.61. The first-order valence-corrected chi connectivity index (χ1v) is 14.0. The molecular weight excluding hydrogens is 480 g/mol. The molecule has 27 heavy (non-hydrogen) atoms. The maximum absolute atomic E-state index is 11.7. The second kappa shape index (κ2) is 10.2. The van der Waals surface area contributed by atoms with Crippen LogP contribution in [0.4, 0.5) is 0 Å².